The molecule has 1 aliphatic rings. The van der Waals surface area contributed by atoms with Crippen LogP contribution >= 0.6 is 0 Å². The van der Waals surface area contributed by atoms with Crippen molar-refractivity contribution in [3.8, 4) is 0 Å². The molecule has 0 unspecified atom stereocenters. The van der Waals surface area contributed by atoms with Gasteiger partial charge in [0.15, 0.2) is 24.1 Å². The largest absolute Gasteiger partial charge is 0.463 e. The third kappa shape index (κ3) is 3.64. The molecule has 0 amide bonds. The van der Waals surface area contributed by atoms with Crippen LogP contribution in [0.1, 0.15) is 20.1 Å². The Labute approximate surface area is 143 Å². The number of halogens is 3. The fourth-order valence-corrected chi connectivity index (χ4v) is 2.51. The van der Waals surface area contributed by atoms with Gasteiger partial charge in [0.25, 0.3) is 5.56 Å². The SMILES string of the molecule is CC(=O)OC[C@@]1(CF)O[C@@H](n2cc(F)c(=O)[nH]c2=O)[C@H](F)[C@@H]1OC(C)=O. The van der Waals surface area contributed by atoms with Crippen LogP contribution in [-0.4, -0.2) is 52.6 Å². The summed E-state index contributed by atoms with van der Waals surface area (Å²) in [5.74, 6) is -3.24. The third-order valence-electron chi connectivity index (χ3n) is 3.67. The number of rotatable bonds is 5. The van der Waals surface area contributed by atoms with E-state index in [1.165, 1.54) is 0 Å². The molecule has 0 spiro atoms. The lowest BCUT2D eigenvalue weighted by molar-refractivity contribution is -0.179. The van der Waals surface area contributed by atoms with Crippen molar-refractivity contribution < 1.29 is 37.0 Å². The first kappa shape index (κ1) is 19.7. The number of aromatic amines is 1. The summed E-state index contributed by atoms with van der Waals surface area (Å²) in [6.45, 7) is -0.335. The molecule has 9 nitrogen and oxygen atoms in total. The molecule has 0 saturated carbocycles. The van der Waals surface area contributed by atoms with Gasteiger partial charge in [0.2, 0.25) is 5.82 Å². The molecule has 1 aromatic heterocycles. The van der Waals surface area contributed by atoms with Crippen molar-refractivity contribution in [1.82, 2.24) is 9.55 Å². The molecular formula is C14H15F3N2O7. The average Bonchev–Trinajstić information content (AvgIpc) is 2.82. The van der Waals surface area contributed by atoms with Gasteiger partial charge < -0.3 is 14.2 Å². The van der Waals surface area contributed by atoms with E-state index in [2.05, 4.69) is 4.74 Å². The topological polar surface area (TPSA) is 117 Å². The van der Waals surface area contributed by atoms with E-state index in [1.54, 1.807) is 4.98 Å². The zero-order valence-corrected chi connectivity index (χ0v) is 13.7. The normalized spacial score (nSPS) is 28.0. The Bertz CT molecular complexity index is 823. The van der Waals surface area contributed by atoms with Crippen molar-refractivity contribution in [2.45, 2.75) is 38.0 Å². The predicted octanol–water partition coefficient (Wildman–Crippen LogP) is -0.254. The zero-order valence-electron chi connectivity index (χ0n) is 13.7. The van der Waals surface area contributed by atoms with E-state index in [0.29, 0.717) is 10.8 Å². The molecule has 1 fully saturated rings. The summed E-state index contributed by atoms with van der Waals surface area (Å²) in [7, 11) is 0. The van der Waals surface area contributed by atoms with Crippen LogP contribution < -0.4 is 11.2 Å². The van der Waals surface area contributed by atoms with E-state index in [9.17, 15) is 32.3 Å². The Morgan fingerprint density at radius 2 is 2.00 bits per heavy atom. The lowest BCUT2D eigenvalue weighted by Gasteiger charge is -2.30. The predicted molar refractivity (Wildman–Crippen MR) is 77.2 cm³/mol. The number of ether oxygens (including phenoxy) is 3. The number of hydrogen-bond acceptors (Lipinski definition) is 7. The standard InChI is InChI=1S/C14H15F3N2O7/c1-6(20)24-5-14(4-15)10(25-7(2)21)9(17)12(26-14)19-3-8(16)11(22)18-13(19)23/h3,9-10,12H,4-5H2,1-2H3,(H,18,22,23)/t9-,10+,12-,14-/m1/s1. The lowest BCUT2D eigenvalue weighted by atomic mass is 9.98. The maximum absolute atomic E-state index is 14.8. The summed E-state index contributed by atoms with van der Waals surface area (Å²) in [4.78, 5) is 46.8. The van der Waals surface area contributed by atoms with Gasteiger partial charge in [-0.1, -0.05) is 0 Å². The van der Waals surface area contributed by atoms with Gasteiger partial charge in [0.05, 0.1) is 6.20 Å². The van der Waals surface area contributed by atoms with Crippen molar-refractivity contribution in [1.29, 1.82) is 0 Å². The molecular weight excluding hydrogens is 365 g/mol. The van der Waals surface area contributed by atoms with Gasteiger partial charge >= 0.3 is 17.6 Å². The zero-order chi connectivity index (χ0) is 19.6. The fraction of sp³-hybridized carbons (Fsp3) is 0.571. The van der Waals surface area contributed by atoms with E-state index < -0.39 is 66.4 Å². The minimum atomic E-state index is -2.33. The summed E-state index contributed by atoms with van der Waals surface area (Å²) < 4.78 is 57.0. The maximum Gasteiger partial charge on any atom is 0.330 e. The number of nitrogens with zero attached hydrogens (tertiary/aromatic N) is 1. The highest BCUT2D eigenvalue weighted by atomic mass is 19.1. The molecule has 2 rings (SSSR count). The number of nitrogens with one attached hydrogen (secondary N) is 1. The van der Waals surface area contributed by atoms with Gasteiger partial charge in [0.1, 0.15) is 13.3 Å². The van der Waals surface area contributed by atoms with Crippen LogP contribution in [0.5, 0.6) is 0 Å². The number of carbonyl (C=O) groups excluding carboxylic acids is 2. The van der Waals surface area contributed by atoms with Gasteiger partial charge in [-0.3, -0.25) is 23.9 Å². The van der Waals surface area contributed by atoms with Crippen LogP contribution in [0.15, 0.2) is 15.8 Å². The van der Waals surface area contributed by atoms with Gasteiger partial charge in [0, 0.05) is 13.8 Å². The second-order valence-corrected chi connectivity index (χ2v) is 5.61. The molecule has 1 aliphatic heterocycles. The van der Waals surface area contributed by atoms with Crippen molar-refractivity contribution in [3.63, 3.8) is 0 Å². The Hall–Kier alpha value is -2.63. The number of aromatic nitrogens is 2. The molecule has 0 radical (unpaired) electrons. The Morgan fingerprint density at radius 1 is 1.35 bits per heavy atom. The molecule has 12 heteroatoms. The van der Waals surface area contributed by atoms with Gasteiger partial charge in [-0.05, 0) is 0 Å². The average molecular weight is 380 g/mol. The van der Waals surface area contributed by atoms with E-state index in [1.807, 2.05) is 0 Å². The third-order valence-corrected chi connectivity index (χ3v) is 3.67. The van der Waals surface area contributed by atoms with Crippen LogP contribution in [0.2, 0.25) is 0 Å². The highest BCUT2D eigenvalue weighted by Gasteiger charge is 2.60. The molecule has 2 heterocycles. The lowest BCUT2D eigenvalue weighted by Crippen LogP contribution is -2.50. The van der Waals surface area contributed by atoms with Crippen LogP contribution in [-0.2, 0) is 23.8 Å². The number of hydrogen-bond donors (Lipinski definition) is 1. The first-order valence-corrected chi connectivity index (χ1v) is 7.30. The smallest absolute Gasteiger partial charge is 0.330 e. The quantitative estimate of drug-likeness (QED) is 0.700. The van der Waals surface area contributed by atoms with Crippen LogP contribution in [0, 0.1) is 5.82 Å². The van der Waals surface area contributed by atoms with Gasteiger partial charge in [-0.15, -0.1) is 0 Å². The monoisotopic (exact) mass is 380 g/mol. The molecule has 1 aromatic rings. The van der Waals surface area contributed by atoms with Crippen molar-refractivity contribution in [3.05, 3.63) is 32.9 Å². The number of H-pyrrole nitrogens is 1. The van der Waals surface area contributed by atoms with E-state index in [-0.39, 0.29) is 0 Å². The summed E-state index contributed by atoms with van der Waals surface area (Å²) in [6, 6.07) is 0. The van der Waals surface area contributed by atoms with Crippen LogP contribution in [0.4, 0.5) is 13.2 Å². The molecule has 1 saturated heterocycles. The maximum atomic E-state index is 14.8. The molecule has 26 heavy (non-hydrogen) atoms. The van der Waals surface area contributed by atoms with Crippen molar-refractivity contribution in [2.75, 3.05) is 13.3 Å². The first-order valence-electron chi connectivity index (χ1n) is 7.30. The van der Waals surface area contributed by atoms with Crippen LogP contribution in [0.25, 0.3) is 0 Å². The van der Waals surface area contributed by atoms with E-state index >= 15 is 0 Å². The van der Waals surface area contributed by atoms with Crippen molar-refractivity contribution in [2.24, 2.45) is 0 Å². The molecule has 1 N–H and O–H groups in total. The summed E-state index contributed by atoms with van der Waals surface area (Å²) in [5, 5.41) is 0. The highest BCUT2D eigenvalue weighted by Crippen LogP contribution is 2.41. The number of alkyl halides is 2. The summed E-state index contributed by atoms with van der Waals surface area (Å²) in [6.07, 6.45) is -5.78. The Kier molecular flexibility index (Phi) is 5.54. The Morgan fingerprint density at radius 3 is 2.54 bits per heavy atom. The number of esters is 2. The molecule has 4 atom stereocenters. The molecule has 0 aromatic carbocycles. The second-order valence-electron chi connectivity index (χ2n) is 5.61. The number of carbonyl (C=O) groups is 2. The van der Waals surface area contributed by atoms with Gasteiger partial charge in [-0.25, -0.2) is 13.6 Å². The minimum Gasteiger partial charge on any atom is -0.463 e. The fourth-order valence-electron chi connectivity index (χ4n) is 2.51. The highest BCUT2D eigenvalue weighted by molar-refractivity contribution is 5.67. The van der Waals surface area contributed by atoms with E-state index in [4.69, 9.17) is 9.47 Å². The molecule has 0 aliphatic carbocycles. The summed E-state index contributed by atoms with van der Waals surface area (Å²) >= 11 is 0. The molecule has 0 bridgehead atoms. The van der Waals surface area contributed by atoms with Gasteiger partial charge in [-0.2, -0.15) is 4.39 Å². The molecule has 144 valence electrons. The first-order chi connectivity index (χ1) is 12.1. The Balaban J connectivity index is 2.49. The summed E-state index contributed by atoms with van der Waals surface area (Å²) in [5.41, 5.74) is -4.83. The van der Waals surface area contributed by atoms with Crippen molar-refractivity contribution >= 4 is 11.9 Å². The van der Waals surface area contributed by atoms with E-state index in [0.717, 1.165) is 13.8 Å². The van der Waals surface area contributed by atoms with Crippen LogP contribution in [0.3, 0.4) is 0 Å². The minimum absolute atomic E-state index is 0.350. The second kappa shape index (κ2) is 7.32.